The van der Waals surface area contributed by atoms with Crippen LogP contribution in [0.1, 0.15) is 33.6 Å². The first-order chi connectivity index (χ1) is 7.50. The summed E-state index contributed by atoms with van der Waals surface area (Å²) in [6.45, 7) is 6.43. The zero-order valence-corrected chi connectivity index (χ0v) is 10.8. The third-order valence-electron chi connectivity index (χ3n) is 2.53. The van der Waals surface area contributed by atoms with Crippen LogP contribution in [0.25, 0.3) is 0 Å². The van der Waals surface area contributed by atoms with E-state index in [1.165, 1.54) is 0 Å². The maximum Gasteiger partial charge on any atom is 0.164 e. The van der Waals surface area contributed by atoms with Crippen molar-refractivity contribution in [3.8, 4) is 0 Å². The van der Waals surface area contributed by atoms with Gasteiger partial charge in [-0.1, -0.05) is 31.5 Å². The standard InChI is InChI=1S/C13H19ClFN/c1-9(2)7-8-10(3)16-12-6-4-5-11(14)13(12)15/h4-6,9-10,16H,7-8H2,1-3H3. The van der Waals surface area contributed by atoms with E-state index in [1.807, 2.05) is 0 Å². The lowest BCUT2D eigenvalue weighted by atomic mass is 10.0. The Kier molecular flexibility index (Phi) is 5.07. The monoisotopic (exact) mass is 243 g/mol. The van der Waals surface area contributed by atoms with Gasteiger partial charge in [0.1, 0.15) is 0 Å². The van der Waals surface area contributed by atoms with Crippen molar-refractivity contribution in [2.75, 3.05) is 5.32 Å². The van der Waals surface area contributed by atoms with E-state index >= 15 is 0 Å². The van der Waals surface area contributed by atoms with Crippen molar-refractivity contribution in [1.82, 2.24) is 0 Å². The van der Waals surface area contributed by atoms with Gasteiger partial charge in [0.25, 0.3) is 0 Å². The highest BCUT2D eigenvalue weighted by Gasteiger charge is 2.09. The minimum atomic E-state index is -0.361. The summed E-state index contributed by atoms with van der Waals surface area (Å²) in [5.41, 5.74) is 0.490. The molecule has 1 N–H and O–H groups in total. The summed E-state index contributed by atoms with van der Waals surface area (Å²) in [5.74, 6) is 0.314. The van der Waals surface area contributed by atoms with Crippen LogP contribution < -0.4 is 5.32 Å². The Labute approximate surface area is 102 Å². The molecule has 0 saturated heterocycles. The number of anilines is 1. The van der Waals surface area contributed by atoms with Crippen LogP contribution in [0.2, 0.25) is 5.02 Å². The molecule has 0 aliphatic heterocycles. The van der Waals surface area contributed by atoms with Gasteiger partial charge >= 0.3 is 0 Å². The van der Waals surface area contributed by atoms with Gasteiger partial charge < -0.3 is 5.32 Å². The van der Waals surface area contributed by atoms with E-state index in [9.17, 15) is 4.39 Å². The van der Waals surface area contributed by atoms with Gasteiger partial charge in [-0.3, -0.25) is 0 Å². The minimum absolute atomic E-state index is 0.168. The Morgan fingerprint density at radius 3 is 2.56 bits per heavy atom. The first-order valence-corrected chi connectivity index (χ1v) is 6.09. The van der Waals surface area contributed by atoms with E-state index in [0.29, 0.717) is 11.6 Å². The summed E-state index contributed by atoms with van der Waals surface area (Å²) < 4.78 is 13.6. The second-order valence-corrected chi connectivity index (χ2v) is 5.03. The van der Waals surface area contributed by atoms with Crippen LogP contribution in [0.5, 0.6) is 0 Å². The predicted molar refractivity (Wildman–Crippen MR) is 68.6 cm³/mol. The zero-order chi connectivity index (χ0) is 12.1. The highest BCUT2D eigenvalue weighted by Crippen LogP contribution is 2.23. The van der Waals surface area contributed by atoms with Crippen LogP contribution in [-0.2, 0) is 0 Å². The Morgan fingerprint density at radius 1 is 1.25 bits per heavy atom. The second-order valence-electron chi connectivity index (χ2n) is 4.62. The van der Waals surface area contributed by atoms with E-state index < -0.39 is 0 Å². The lowest BCUT2D eigenvalue weighted by Crippen LogP contribution is -2.16. The van der Waals surface area contributed by atoms with Crippen LogP contribution in [0.15, 0.2) is 18.2 Å². The summed E-state index contributed by atoms with van der Waals surface area (Å²) in [7, 11) is 0. The summed E-state index contributed by atoms with van der Waals surface area (Å²) in [6.07, 6.45) is 2.17. The van der Waals surface area contributed by atoms with Crippen molar-refractivity contribution in [3.63, 3.8) is 0 Å². The van der Waals surface area contributed by atoms with E-state index in [2.05, 4.69) is 26.1 Å². The number of hydrogen-bond acceptors (Lipinski definition) is 1. The Hall–Kier alpha value is -0.760. The van der Waals surface area contributed by atoms with Crippen molar-refractivity contribution < 1.29 is 4.39 Å². The maximum absolute atomic E-state index is 13.6. The highest BCUT2D eigenvalue weighted by atomic mass is 35.5. The fourth-order valence-corrected chi connectivity index (χ4v) is 1.71. The summed E-state index contributed by atoms with van der Waals surface area (Å²) in [6, 6.07) is 5.28. The molecule has 0 aliphatic rings. The molecule has 0 bridgehead atoms. The van der Waals surface area contributed by atoms with Crippen molar-refractivity contribution in [2.45, 2.75) is 39.7 Å². The van der Waals surface area contributed by atoms with Gasteiger partial charge in [0, 0.05) is 6.04 Å². The smallest absolute Gasteiger partial charge is 0.164 e. The number of nitrogens with one attached hydrogen (secondary N) is 1. The Bertz CT molecular complexity index is 339. The minimum Gasteiger partial charge on any atom is -0.380 e. The summed E-state index contributed by atoms with van der Waals surface area (Å²) in [4.78, 5) is 0. The van der Waals surface area contributed by atoms with Gasteiger partial charge in [-0.05, 0) is 37.8 Å². The molecule has 0 spiro atoms. The molecule has 0 saturated carbocycles. The Morgan fingerprint density at radius 2 is 1.94 bits per heavy atom. The highest BCUT2D eigenvalue weighted by molar-refractivity contribution is 6.31. The predicted octanol–water partition coefficient (Wildman–Crippen LogP) is 4.72. The molecule has 0 aromatic heterocycles. The van der Waals surface area contributed by atoms with E-state index in [1.54, 1.807) is 18.2 Å². The molecular weight excluding hydrogens is 225 g/mol. The second kappa shape index (κ2) is 6.09. The van der Waals surface area contributed by atoms with Gasteiger partial charge in [0.15, 0.2) is 5.82 Å². The molecule has 0 aliphatic carbocycles. The third kappa shape index (κ3) is 4.01. The van der Waals surface area contributed by atoms with Crippen molar-refractivity contribution in [3.05, 3.63) is 29.0 Å². The van der Waals surface area contributed by atoms with Gasteiger partial charge in [0.2, 0.25) is 0 Å². The van der Waals surface area contributed by atoms with Crippen molar-refractivity contribution in [2.24, 2.45) is 5.92 Å². The molecule has 90 valence electrons. The molecule has 0 heterocycles. The van der Waals surface area contributed by atoms with E-state index in [-0.39, 0.29) is 16.9 Å². The van der Waals surface area contributed by atoms with Crippen LogP contribution in [0.4, 0.5) is 10.1 Å². The third-order valence-corrected chi connectivity index (χ3v) is 2.82. The first kappa shape index (κ1) is 13.3. The van der Waals surface area contributed by atoms with E-state index in [4.69, 9.17) is 11.6 Å². The van der Waals surface area contributed by atoms with Crippen LogP contribution in [0, 0.1) is 11.7 Å². The lowest BCUT2D eigenvalue weighted by Gasteiger charge is -2.17. The molecule has 1 unspecified atom stereocenters. The molecule has 1 aromatic rings. The molecule has 16 heavy (non-hydrogen) atoms. The molecule has 0 radical (unpaired) electrons. The zero-order valence-electron chi connectivity index (χ0n) is 10.1. The quantitative estimate of drug-likeness (QED) is 0.789. The first-order valence-electron chi connectivity index (χ1n) is 5.71. The molecule has 0 fully saturated rings. The van der Waals surface area contributed by atoms with E-state index in [0.717, 1.165) is 12.8 Å². The molecule has 1 rings (SSSR count). The van der Waals surface area contributed by atoms with Crippen molar-refractivity contribution in [1.29, 1.82) is 0 Å². The number of rotatable bonds is 5. The fraction of sp³-hybridized carbons (Fsp3) is 0.538. The molecular formula is C13H19ClFN. The fourth-order valence-electron chi connectivity index (χ4n) is 1.54. The van der Waals surface area contributed by atoms with Gasteiger partial charge in [-0.25, -0.2) is 4.39 Å². The number of benzene rings is 1. The SMILES string of the molecule is CC(C)CCC(C)Nc1cccc(Cl)c1F. The average Bonchev–Trinajstić information content (AvgIpc) is 2.22. The Balaban J connectivity index is 2.56. The summed E-state index contributed by atoms with van der Waals surface area (Å²) >= 11 is 5.71. The topological polar surface area (TPSA) is 12.0 Å². The van der Waals surface area contributed by atoms with Gasteiger partial charge in [-0.15, -0.1) is 0 Å². The van der Waals surface area contributed by atoms with Crippen LogP contribution in [0.3, 0.4) is 0 Å². The van der Waals surface area contributed by atoms with Crippen LogP contribution >= 0.6 is 11.6 Å². The van der Waals surface area contributed by atoms with Gasteiger partial charge in [0.05, 0.1) is 10.7 Å². The molecule has 0 amide bonds. The van der Waals surface area contributed by atoms with Crippen LogP contribution in [-0.4, -0.2) is 6.04 Å². The molecule has 1 aromatic carbocycles. The summed E-state index contributed by atoms with van der Waals surface area (Å²) in [5, 5.41) is 3.31. The maximum atomic E-state index is 13.6. The van der Waals surface area contributed by atoms with Crippen molar-refractivity contribution >= 4 is 17.3 Å². The largest absolute Gasteiger partial charge is 0.380 e. The lowest BCUT2D eigenvalue weighted by molar-refractivity contribution is 0.525. The molecule has 1 atom stereocenters. The number of hydrogen-bond donors (Lipinski definition) is 1. The molecule has 3 heteroatoms. The molecule has 1 nitrogen and oxygen atoms in total. The normalized spacial score (nSPS) is 12.9. The number of halogens is 2. The average molecular weight is 244 g/mol. The van der Waals surface area contributed by atoms with Gasteiger partial charge in [-0.2, -0.15) is 0 Å².